The summed E-state index contributed by atoms with van der Waals surface area (Å²) in [6, 6.07) is 0. The number of likely N-dealkylation sites (tertiary alicyclic amines) is 1. The normalized spacial score (nSPS) is 20.3. The quantitative estimate of drug-likeness (QED) is 0.772. The molecule has 2 heteroatoms. The predicted octanol–water partition coefficient (Wildman–Crippen LogP) is 3.52. The van der Waals surface area contributed by atoms with E-state index in [-0.39, 0.29) is 5.54 Å². The Hall–Kier alpha value is -0.0800. The molecule has 0 aromatic heterocycles. The Labute approximate surface area is 115 Å². The van der Waals surface area contributed by atoms with Crippen LogP contribution in [0.3, 0.4) is 0 Å². The van der Waals surface area contributed by atoms with Gasteiger partial charge in [-0.1, -0.05) is 20.8 Å². The van der Waals surface area contributed by atoms with Gasteiger partial charge in [-0.2, -0.15) is 0 Å². The van der Waals surface area contributed by atoms with Gasteiger partial charge in [-0.15, -0.1) is 0 Å². The van der Waals surface area contributed by atoms with Crippen LogP contribution in [0.5, 0.6) is 0 Å². The lowest BCUT2D eigenvalue weighted by Gasteiger charge is -2.38. The average molecular weight is 254 g/mol. The van der Waals surface area contributed by atoms with Crippen molar-refractivity contribution in [2.24, 2.45) is 11.3 Å². The van der Waals surface area contributed by atoms with Gasteiger partial charge >= 0.3 is 0 Å². The van der Waals surface area contributed by atoms with E-state index in [4.69, 9.17) is 0 Å². The first kappa shape index (κ1) is 16.0. The molecule has 0 spiro atoms. The molecule has 0 amide bonds. The second kappa shape index (κ2) is 6.38. The first-order chi connectivity index (χ1) is 8.18. The van der Waals surface area contributed by atoms with Crippen molar-refractivity contribution in [1.29, 1.82) is 0 Å². The average Bonchev–Trinajstić information content (AvgIpc) is 2.22. The lowest BCUT2D eigenvalue weighted by atomic mass is 9.75. The smallest absolute Gasteiger partial charge is 0.00965 e. The van der Waals surface area contributed by atoms with Crippen molar-refractivity contribution in [2.75, 3.05) is 26.2 Å². The molecule has 0 unspecified atom stereocenters. The second-order valence-corrected chi connectivity index (χ2v) is 8.01. The fraction of sp³-hybridized carbons (Fsp3) is 1.00. The van der Waals surface area contributed by atoms with E-state index >= 15 is 0 Å². The molecule has 1 heterocycles. The van der Waals surface area contributed by atoms with Crippen LogP contribution in [0.15, 0.2) is 0 Å². The molecule has 1 saturated heterocycles. The van der Waals surface area contributed by atoms with Crippen LogP contribution in [-0.2, 0) is 0 Å². The molecule has 0 aromatic carbocycles. The monoisotopic (exact) mass is 254 g/mol. The summed E-state index contributed by atoms with van der Waals surface area (Å²) in [6.07, 6.45) is 4.05. The molecule has 1 N–H and O–H groups in total. The number of nitrogens with zero attached hydrogens (tertiary/aromatic N) is 1. The van der Waals surface area contributed by atoms with Gasteiger partial charge in [0.25, 0.3) is 0 Å². The maximum atomic E-state index is 3.57. The molecular formula is C16H34N2. The van der Waals surface area contributed by atoms with Gasteiger partial charge in [0.15, 0.2) is 0 Å². The number of piperidine rings is 1. The second-order valence-electron chi connectivity index (χ2n) is 8.01. The van der Waals surface area contributed by atoms with Crippen molar-refractivity contribution >= 4 is 0 Å². The third kappa shape index (κ3) is 6.19. The Balaban J connectivity index is 2.13. The summed E-state index contributed by atoms with van der Waals surface area (Å²) in [4.78, 5) is 2.65. The fourth-order valence-corrected chi connectivity index (χ4v) is 2.79. The van der Waals surface area contributed by atoms with E-state index in [9.17, 15) is 0 Å². The van der Waals surface area contributed by atoms with Crippen LogP contribution in [0.25, 0.3) is 0 Å². The summed E-state index contributed by atoms with van der Waals surface area (Å²) in [5.41, 5.74) is 0.763. The molecule has 0 bridgehead atoms. The van der Waals surface area contributed by atoms with Crippen LogP contribution in [-0.4, -0.2) is 36.6 Å². The van der Waals surface area contributed by atoms with E-state index in [0.29, 0.717) is 5.41 Å². The molecule has 108 valence electrons. The van der Waals surface area contributed by atoms with E-state index < -0.39 is 0 Å². The lowest BCUT2D eigenvalue weighted by molar-refractivity contribution is 0.111. The van der Waals surface area contributed by atoms with Crippen molar-refractivity contribution in [1.82, 2.24) is 10.2 Å². The Morgan fingerprint density at radius 3 is 2.00 bits per heavy atom. The van der Waals surface area contributed by atoms with Crippen LogP contribution >= 0.6 is 0 Å². The minimum atomic E-state index is 0.263. The number of nitrogens with one attached hydrogen (secondary N) is 1. The molecule has 18 heavy (non-hydrogen) atoms. The van der Waals surface area contributed by atoms with Crippen molar-refractivity contribution < 1.29 is 0 Å². The van der Waals surface area contributed by atoms with Crippen molar-refractivity contribution in [3.63, 3.8) is 0 Å². The lowest BCUT2D eigenvalue weighted by Crippen LogP contribution is -2.41. The zero-order valence-electron chi connectivity index (χ0n) is 13.5. The van der Waals surface area contributed by atoms with E-state index in [1.54, 1.807) is 0 Å². The molecule has 0 radical (unpaired) electrons. The maximum absolute atomic E-state index is 3.57. The number of hydrogen-bond donors (Lipinski definition) is 1. The molecule has 0 aromatic rings. The highest BCUT2D eigenvalue weighted by Crippen LogP contribution is 2.34. The minimum Gasteiger partial charge on any atom is -0.312 e. The van der Waals surface area contributed by atoms with Crippen LogP contribution in [0.2, 0.25) is 0 Å². The summed E-state index contributed by atoms with van der Waals surface area (Å²) in [5, 5.41) is 3.57. The van der Waals surface area contributed by atoms with Gasteiger partial charge in [-0.3, -0.25) is 0 Å². The molecule has 0 saturated carbocycles. The van der Waals surface area contributed by atoms with Crippen molar-refractivity contribution in [2.45, 2.75) is 66.3 Å². The molecule has 0 aliphatic carbocycles. The Morgan fingerprint density at radius 2 is 1.56 bits per heavy atom. The van der Waals surface area contributed by atoms with E-state index in [2.05, 4.69) is 51.8 Å². The van der Waals surface area contributed by atoms with Crippen LogP contribution in [0.1, 0.15) is 60.8 Å². The van der Waals surface area contributed by atoms with E-state index in [0.717, 1.165) is 12.5 Å². The predicted molar refractivity (Wildman–Crippen MR) is 81.0 cm³/mol. The summed E-state index contributed by atoms with van der Waals surface area (Å²) >= 11 is 0. The molecular weight excluding hydrogens is 220 g/mol. The van der Waals surface area contributed by atoms with Gasteiger partial charge in [0, 0.05) is 5.54 Å². The van der Waals surface area contributed by atoms with E-state index in [1.807, 2.05) is 0 Å². The molecule has 1 fully saturated rings. The Morgan fingerprint density at radius 1 is 1.00 bits per heavy atom. The number of rotatable bonds is 4. The first-order valence-corrected chi connectivity index (χ1v) is 7.66. The summed E-state index contributed by atoms with van der Waals surface area (Å²) in [5.74, 6) is 0.918. The molecule has 0 atom stereocenters. The largest absolute Gasteiger partial charge is 0.312 e. The summed E-state index contributed by atoms with van der Waals surface area (Å²) < 4.78 is 0. The zero-order chi connectivity index (χ0) is 13.8. The zero-order valence-corrected chi connectivity index (χ0v) is 13.5. The maximum Gasteiger partial charge on any atom is 0.00965 e. The van der Waals surface area contributed by atoms with Crippen molar-refractivity contribution in [3.8, 4) is 0 Å². The van der Waals surface area contributed by atoms with Crippen molar-refractivity contribution in [3.05, 3.63) is 0 Å². The Bertz CT molecular complexity index is 226. The minimum absolute atomic E-state index is 0.263. The SMILES string of the molecule is CC(C)(C)NCCCN1CCC(C(C)(C)C)CC1. The summed E-state index contributed by atoms with van der Waals surface area (Å²) in [7, 11) is 0. The highest BCUT2D eigenvalue weighted by atomic mass is 15.1. The highest BCUT2D eigenvalue weighted by Gasteiger charge is 2.28. The number of hydrogen-bond acceptors (Lipinski definition) is 2. The molecule has 1 rings (SSSR count). The van der Waals surface area contributed by atoms with Gasteiger partial charge in [-0.05, 0) is 77.5 Å². The summed E-state index contributed by atoms with van der Waals surface area (Å²) in [6.45, 7) is 18.9. The fourth-order valence-electron chi connectivity index (χ4n) is 2.79. The third-order valence-corrected chi connectivity index (χ3v) is 4.12. The van der Waals surface area contributed by atoms with Gasteiger partial charge < -0.3 is 10.2 Å². The Kier molecular flexibility index (Phi) is 5.67. The van der Waals surface area contributed by atoms with Gasteiger partial charge in [0.05, 0.1) is 0 Å². The topological polar surface area (TPSA) is 15.3 Å². The van der Waals surface area contributed by atoms with Gasteiger partial charge in [-0.25, -0.2) is 0 Å². The standard InChI is InChI=1S/C16H34N2/c1-15(2,3)14-8-12-18(13-9-14)11-7-10-17-16(4,5)6/h14,17H,7-13H2,1-6H3. The first-order valence-electron chi connectivity index (χ1n) is 7.66. The van der Waals surface area contributed by atoms with Gasteiger partial charge in [0.2, 0.25) is 0 Å². The molecule has 1 aliphatic heterocycles. The van der Waals surface area contributed by atoms with Crippen LogP contribution in [0.4, 0.5) is 0 Å². The van der Waals surface area contributed by atoms with E-state index in [1.165, 1.54) is 38.9 Å². The van der Waals surface area contributed by atoms with Crippen LogP contribution < -0.4 is 5.32 Å². The van der Waals surface area contributed by atoms with Gasteiger partial charge in [0.1, 0.15) is 0 Å². The molecule has 2 nitrogen and oxygen atoms in total. The molecule has 1 aliphatic rings. The third-order valence-electron chi connectivity index (χ3n) is 4.12. The highest BCUT2D eigenvalue weighted by molar-refractivity contribution is 4.80. The van der Waals surface area contributed by atoms with Crippen LogP contribution in [0, 0.1) is 11.3 Å².